The van der Waals surface area contributed by atoms with Gasteiger partial charge in [0.25, 0.3) is 11.6 Å². The van der Waals surface area contributed by atoms with E-state index in [0.29, 0.717) is 22.8 Å². The molecule has 0 spiro atoms. The SMILES string of the molecule is O=C(COc1cccc(Oc2ccccc2)c1)NCC(O)c1ccc([N+](=O)[O-])cc1. The fourth-order valence-electron chi connectivity index (χ4n) is 2.60. The van der Waals surface area contributed by atoms with E-state index in [-0.39, 0.29) is 18.8 Å². The van der Waals surface area contributed by atoms with Crippen LogP contribution in [0.5, 0.6) is 17.2 Å². The van der Waals surface area contributed by atoms with Gasteiger partial charge in [0, 0.05) is 24.7 Å². The smallest absolute Gasteiger partial charge is 0.269 e. The Morgan fingerprint density at radius 1 is 0.967 bits per heavy atom. The first-order valence-corrected chi connectivity index (χ1v) is 9.16. The van der Waals surface area contributed by atoms with Crippen LogP contribution < -0.4 is 14.8 Å². The number of aliphatic hydroxyl groups excluding tert-OH is 1. The Bertz CT molecular complexity index is 992. The molecule has 0 aliphatic heterocycles. The number of nitro benzene ring substituents is 1. The number of nitrogens with zero attached hydrogens (tertiary/aromatic N) is 1. The van der Waals surface area contributed by atoms with Crippen LogP contribution in [0, 0.1) is 10.1 Å². The number of rotatable bonds is 9. The molecule has 0 aliphatic rings. The number of ether oxygens (including phenoxy) is 2. The van der Waals surface area contributed by atoms with E-state index in [0.717, 1.165) is 0 Å². The first-order valence-electron chi connectivity index (χ1n) is 9.16. The summed E-state index contributed by atoms with van der Waals surface area (Å²) in [6.07, 6.45) is -0.989. The molecule has 0 radical (unpaired) electrons. The van der Waals surface area contributed by atoms with Gasteiger partial charge in [0.2, 0.25) is 0 Å². The van der Waals surface area contributed by atoms with E-state index in [1.54, 1.807) is 24.3 Å². The number of para-hydroxylation sites is 1. The number of aliphatic hydroxyl groups is 1. The van der Waals surface area contributed by atoms with Gasteiger partial charge in [-0.05, 0) is 42.0 Å². The molecule has 0 aliphatic carbocycles. The van der Waals surface area contributed by atoms with Gasteiger partial charge in [-0.15, -0.1) is 0 Å². The maximum Gasteiger partial charge on any atom is 0.269 e. The molecule has 8 heteroatoms. The zero-order valence-electron chi connectivity index (χ0n) is 15.9. The second-order valence-electron chi connectivity index (χ2n) is 6.35. The van der Waals surface area contributed by atoms with Crippen LogP contribution in [-0.4, -0.2) is 29.1 Å². The van der Waals surface area contributed by atoms with Crippen LogP contribution in [0.15, 0.2) is 78.9 Å². The Kier molecular flexibility index (Phi) is 6.96. The van der Waals surface area contributed by atoms with Crippen LogP contribution >= 0.6 is 0 Å². The minimum Gasteiger partial charge on any atom is -0.484 e. The summed E-state index contributed by atoms with van der Waals surface area (Å²) < 4.78 is 11.2. The lowest BCUT2D eigenvalue weighted by atomic mass is 10.1. The topological polar surface area (TPSA) is 111 Å². The van der Waals surface area contributed by atoms with E-state index in [2.05, 4.69) is 5.32 Å². The minimum atomic E-state index is -0.989. The average molecular weight is 408 g/mol. The predicted molar refractivity (Wildman–Crippen MR) is 110 cm³/mol. The molecule has 1 atom stereocenters. The Labute approximate surface area is 172 Å². The quantitative estimate of drug-likeness (QED) is 0.413. The van der Waals surface area contributed by atoms with E-state index in [1.165, 1.54) is 24.3 Å². The number of carbonyl (C=O) groups excluding carboxylic acids is 1. The predicted octanol–water partition coefficient (Wildman–Crippen LogP) is 3.62. The zero-order valence-corrected chi connectivity index (χ0v) is 15.9. The molecule has 0 fully saturated rings. The van der Waals surface area contributed by atoms with Gasteiger partial charge >= 0.3 is 0 Å². The maximum absolute atomic E-state index is 12.0. The van der Waals surface area contributed by atoms with Crippen LogP contribution in [0.2, 0.25) is 0 Å². The molecule has 8 nitrogen and oxygen atoms in total. The normalized spacial score (nSPS) is 11.4. The number of hydrogen-bond donors (Lipinski definition) is 2. The van der Waals surface area contributed by atoms with Gasteiger partial charge in [-0.3, -0.25) is 14.9 Å². The summed E-state index contributed by atoms with van der Waals surface area (Å²) in [7, 11) is 0. The van der Waals surface area contributed by atoms with Crippen molar-refractivity contribution in [3.05, 3.63) is 94.5 Å². The van der Waals surface area contributed by atoms with E-state index < -0.39 is 16.9 Å². The highest BCUT2D eigenvalue weighted by Crippen LogP contribution is 2.25. The Balaban J connectivity index is 1.46. The molecule has 0 aromatic heterocycles. The summed E-state index contributed by atoms with van der Waals surface area (Å²) >= 11 is 0. The minimum absolute atomic E-state index is 0.0445. The van der Waals surface area contributed by atoms with E-state index in [9.17, 15) is 20.0 Å². The van der Waals surface area contributed by atoms with Gasteiger partial charge < -0.3 is 19.9 Å². The third-order valence-corrected chi connectivity index (χ3v) is 4.14. The highest BCUT2D eigenvalue weighted by atomic mass is 16.6. The lowest BCUT2D eigenvalue weighted by Crippen LogP contribution is -2.32. The first kappa shape index (κ1) is 20.8. The van der Waals surface area contributed by atoms with Gasteiger partial charge in [0.1, 0.15) is 17.2 Å². The molecule has 0 saturated carbocycles. The molecule has 30 heavy (non-hydrogen) atoms. The van der Waals surface area contributed by atoms with Gasteiger partial charge in [-0.1, -0.05) is 24.3 Å². The van der Waals surface area contributed by atoms with Crippen LogP contribution in [0.1, 0.15) is 11.7 Å². The molecule has 1 amide bonds. The lowest BCUT2D eigenvalue weighted by Gasteiger charge is -2.13. The van der Waals surface area contributed by atoms with Gasteiger partial charge in [-0.2, -0.15) is 0 Å². The molecule has 3 aromatic rings. The molecule has 3 rings (SSSR count). The largest absolute Gasteiger partial charge is 0.484 e. The molecule has 2 N–H and O–H groups in total. The Morgan fingerprint density at radius 2 is 1.63 bits per heavy atom. The molecule has 0 heterocycles. The van der Waals surface area contributed by atoms with Crippen molar-refractivity contribution in [1.82, 2.24) is 5.32 Å². The molecule has 1 unspecified atom stereocenters. The first-order chi connectivity index (χ1) is 14.5. The fraction of sp³-hybridized carbons (Fsp3) is 0.136. The van der Waals surface area contributed by atoms with Gasteiger partial charge in [0.05, 0.1) is 11.0 Å². The molecular formula is C22H20N2O6. The maximum atomic E-state index is 12.0. The summed E-state index contributed by atoms with van der Waals surface area (Å²) in [6.45, 7) is -0.279. The summed E-state index contributed by atoms with van der Waals surface area (Å²) in [4.78, 5) is 22.1. The summed E-state index contributed by atoms with van der Waals surface area (Å²) in [5.41, 5.74) is 0.398. The van der Waals surface area contributed by atoms with Crippen molar-refractivity contribution >= 4 is 11.6 Å². The molecular weight excluding hydrogens is 388 g/mol. The Hall–Kier alpha value is -3.91. The number of nitro groups is 1. The van der Waals surface area contributed by atoms with E-state index in [4.69, 9.17) is 9.47 Å². The Morgan fingerprint density at radius 3 is 2.33 bits per heavy atom. The van der Waals surface area contributed by atoms with Crippen molar-refractivity contribution < 1.29 is 24.3 Å². The van der Waals surface area contributed by atoms with Crippen molar-refractivity contribution in [1.29, 1.82) is 0 Å². The van der Waals surface area contributed by atoms with Crippen molar-refractivity contribution in [3.63, 3.8) is 0 Å². The third kappa shape index (κ3) is 6.05. The number of benzene rings is 3. The standard InChI is InChI=1S/C22H20N2O6/c25-21(16-9-11-17(12-10-16)24(27)28)14-23-22(26)15-29-19-7-4-8-20(13-19)30-18-5-2-1-3-6-18/h1-13,21,25H,14-15H2,(H,23,26). The van der Waals surface area contributed by atoms with Crippen molar-refractivity contribution in [2.75, 3.05) is 13.2 Å². The molecule has 3 aromatic carbocycles. The second kappa shape index (κ2) is 10.0. The second-order valence-corrected chi connectivity index (χ2v) is 6.35. The van der Waals surface area contributed by atoms with Crippen LogP contribution in [0.25, 0.3) is 0 Å². The van der Waals surface area contributed by atoms with Crippen LogP contribution in [-0.2, 0) is 4.79 Å². The van der Waals surface area contributed by atoms with E-state index in [1.807, 2.05) is 30.3 Å². The van der Waals surface area contributed by atoms with Gasteiger partial charge in [-0.25, -0.2) is 0 Å². The van der Waals surface area contributed by atoms with Crippen molar-refractivity contribution in [3.8, 4) is 17.2 Å². The number of hydrogen-bond acceptors (Lipinski definition) is 6. The molecule has 154 valence electrons. The third-order valence-electron chi connectivity index (χ3n) is 4.14. The fourth-order valence-corrected chi connectivity index (χ4v) is 2.60. The summed E-state index contributed by atoms with van der Waals surface area (Å²) in [5, 5.41) is 23.3. The van der Waals surface area contributed by atoms with Crippen molar-refractivity contribution in [2.24, 2.45) is 0 Å². The lowest BCUT2D eigenvalue weighted by molar-refractivity contribution is -0.384. The van der Waals surface area contributed by atoms with Crippen molar-refractivity contribution in [2.45, 2.75) is 6.10 Å². The highest BCUT2D eigenvalue weighted by Gasteiger charge is 2.12. The van der Waals surface area contributed by atoms with E-state index >= 15 is 0 Å². The summed E-state index contributed by atoms with van der Waals surface area (Å²) in [6, 6.07) is 21.7. The number of non-ortho nitro benzene ring substituents is 1. The van der Waals surface area contributed by atoms with Crippen LogP contribution in [0.3, 0.4) is 0 Å². The monoisotopic (exact) mass is 408 g/mol. The number of nitrogens with one attached hydrogen (secondary N) is 1. The molecule has 0 bridgehead atoms. The highest BCUT2D eigenvalue weighted by molar-refractivity contribution is 5.77. The van der Waals surface area contributed by atoms with Crippen LogP contribution in [0.4, 0.5) is 5.69 Å². The number of carbonyl (C=O) groups is 1. The summed E-state index contributed by atoms with van der Waals surface area (Å²) in [5.74, 6) is 1.32. The average Bonchev–Trinajstić information content (AvgIpc) is 2.77. The molecule has 0 saturated heterocycles. The number of amides is 1. The van der Waals surface area contributed by atoms with Gasteiger partial charge in [0.15, 0.2) is 6.61 Å². The zero-order chi connectivity index (χ0) is 21.3.